The van der Waals surface area contributed by atoms with Gasteiger partial charge in [-0.05, 0) is 109 Å². The minimum atomic E-state index is 0.0464. The third-order valence-corrected chi connectivity index (χ3v) is 12.9. The summed E-state index contributed by atoms with van der Waals surface area (Å²) < 4.78 is 13.3. The summed E-state index contributed by atoms with van der Waals surface area (Å²) in [4.78, 5) is 15.0. The first kappa shape index (κ1) is 36.3. The predicted molar refractivity (Wildman–Crippen MR) is 258 cm³/mol. The Morgan fingerprint density at radius 1 is 0.312 bits per heavy atom. The Bertz CT molecular complexity index is 3370. The first-order chi connectivity index (χ1) is 31.7. The molecule has 3 heterocycles. The van der Waals surface area contributed by atoms with E-state index in [4.69, 9.17) is 24.4 Å². The fourth-order valence-electron chi connectivity index (χ4n) is 9.97. The molecule has 0 saturated carbocycles. The SMILES string of the molecule is c1ccc(-c2nc(-c3ccccc3)nc(-c3cccc(-c4cccc5c4Cc4c(-c6cccc(-c7cc8c9c(c7)Oc7ccccc7B9c7ccccc7O8)c6)cccc4-5)c3)n2)cc1. The van der Waals surface area contributed by atoms with Crippen molar-refractivity contribution in [1.82, 2.24) is 15.0 Å². The molecular formula is C58H36BN3O2. The second kappa shape index (κ2) is 14.6. The topological polar surface area (TPSA) is 57.1 Å². The summed E-state index contributed by atoms with van der Waals surface area (Å²) in [6, 6.07) is 72.3. The second-order valence-electron chi connectivity index (χ2n) is 16.6. The lowest BCUT2D eigenvalue weighted by Gasteiger charge is -2.33. The molecule has 13 rings (SSSR count). The molecule has 1 aromatic heterocycles. The van der Waals surface area contributed by atoms with Crippen LogP contribution in [-0.4, -0.2) is 21.7 Å². The average Bonchev–Trinajstić information content (AvgIpc) is 3.76. The number of ether oxygens (including phenoxy) is 2. The zero-order chi connectivity index (χ0) is 42.1. The number of aromatic nitrogens is 3. The lowest BCUT2D eigenvalue weighted by molar-refractivity contribution is 0.465. The van der Waals surface area contributed by atoms with Crippen LogP contribution in [0, 0.1) is 0 Å². The molecule has 5 nitrogen and oxygen atoms in total. The van der Waals surface area contributed by atoms with E-state index >= 15 is 0 Å². The number of para-hydroxylation sites is 2. The van der Waals surface area contributed by atoms with Gasteiger partial charge in [0.05, 0.1) is 0 Å². The van der Waals surface area contributed by atoms with Crippen molar-refractivity contribution in [3.05, 3.63) is 217 Å². The van der Waals surface area contributed by atoms with E-state index in [0.29, 0.717) is 17.5 Å². The van der Waals surface area contributed by atoms with E-state index in [0.717, 1.165) is 79.2 Å². The number of hydrogen-bond acceptors (Lipinski definition) is 5. The van der Waals surface area contributed by atoms with Crippen molar-refractivity contribution in [3.8, 4) is 102 Å². The number of hydrogen-bond donors (Lipinski definition) is 0. The van der Waals surface area contributed by atoms with Gasteiger partial charge in [-0.2, -0.15) is 0 Å². The highest BCUT2D eigenvalue weighted by atomic mass is 16.5. The van der Waals surface area contributed by atoms with E-state index in [1.54, 1.807) is 0 Å². The fourth-order valence-corrected chi connectivity index (χ4v) is 9.97. The van der Waals surface area contributed by atoms with Crippen LogP contribution in [0.5, 0.6) is 23.0 Å². The highest BCUT2D eigenvalue weighted by Crippen LogP contribution is 2.46. The smallest absolute Gasteiger partial charge is 0.260 e. The van der Waals surface area contributed by atoms with Gasteiger partial charge >= 0.3 is 0 Å². The standard InChI is InChI=1S/C58H36BN3O2/c1-3-15-36(16-4-1)56-60-57(37-17-5-2-6-18-37)62-58(61-56)41-22-12-21-40(32-41)44-24-14-26-46-45-25-13-23-43(47(45)35-48(44)46)39-20-11-19-38(31-39)42-33-53-55-54(34-42)64-52-30-10-8-28-50(52)59(55)49-27-7-9-29-51(49)63-53/h1-34H,35H2. The number of nitrogens with zero attached hydrogens (tertiary/aromatic N) is 3. The second-order valence-corrected chi connectivity index (χ2v) is 16.6. The molecule has 9 aromatic carbocycles. The van der Waals surface area contributed by atoms with Gasteiger partial charge in [0.2, 0.25) is 0 Å². The molecule has 0 saturated heterocycles. The molecule has 1 aliphatic carbocycles. The van der Waals surface area contributed by atoms with E-state index in [9.17, 15) is 0 Å². The van der Waals surface area contributed by atoms with Crippen LogP contribution in [0.2, 0.25) is 0 Å². The molecule has 0 N–H and O–H groups in total. The predicted octanol–water partition coefficient (Wildman–Crippen LogP) is 12.2. The summed E-state index contributed by atoms with van der Waals surface area (Å²) in [7, 11) is 0. The highest BCUT2D eigenvalue weighted by Gasteiger charge is 2.40. The minimum absolute atomic E-state index is 0.0464. The molecule has 0 fully saturated rings. The summed E-state index contributed by atoms with van der Waals surface area (Å²) in [6.07, 6.45) is 0.818. The van der Waals surface area contributed by atoms with Gasteiger partial charge in [-0.15, -0.1) is 0 Å². The van der Waals surface area contributed by atoms with Gasteiger partial charge in [-0.3, -0.25) is 0 Å². The van der Waals surface area contributed by atoms with Gasteiger partial charge in [0.1, 0.15) is 23.0 Å². The summed E-state index contributed by atoms with van der Waals surface area (Å²) in [6.45, 7) is 0.0464. The van der Waals surface area contributed by atoms with Gasteiger partial charge in [-0.1, -0.05) is 170 Å². The Kier molecular flexibility index (Phi) is 8.31. The highest BCUT2D eigenvalue weighted by molar-refractivity contribution is 6.98. The van der Waals surface area contributed by atoms with Crippen LogP contribution in [0.15, 0.2) is 206 Å². The quantitative estimate of drug-likeness (QED) is 0.156. The molecule has 3 aliphatic rings. The molecule has 0 bridgehead atoms. The van der Waals surface area contributed by atoms with Crippen LogP contribution >= 0.6 is 0 Å². The van der Waals surface area contributed by atoms with Crippen molar-refractivity contribution in [2.45, 2.75) is 6.42 Å². The van der Waals surface area contributed by atoms with E-state index in [2.05, 4.69) is 133 Å². The molecule has 0 spiro atoms. The molecule has 0 amide bonds. The van der Waals surface area contributed by atoms with Crippen LogP contribution in [-0.2, 0) is 6.42 Å². The lowest BCUT2D eigenvalue weighted by atomic mass is 9.35. The summed E-state index contributed by atoms with van der Waals surface area (Å²) in [5.41, 5.74) is 18.3. The fraction of sp³-hybridized carbons (Fsp3) is 0.0172. The Morgan fingerprint density at radius 2 is 0.719 bits per heavy atom. The maximum absolute atomic E-state index is 6.65. The van der Waals surface area contributed by atoms with Crippen molar-refractivity contribution in [2.24, 2.45) is 0 Å². The van der Waals surface area contributed by atoms with E-state index in [1.165, 1.54) is 38.9 Å². The first-order valence-electron chi connectivity index (χ1n) is 21.7. The van der Waals surface area contributed by atoms with Crippen LogP contribution < -0.4 is 25.9 Å². The molecule has 10 aromatic rings. The van der Waals surface area contributed by atoms with E-state index in [1.807, 2.05) is 72.8 Å². The van der Waals surface area contributed by atoms with Gasteiger partial charge < -0.3 is 9.47 Å². The van der Waals surface area contributed by atoms with Gasteiger partial charge in [0.25, 0.3) is 6.71 Å². The number of benzene rings is 9. The summed E-state index contributed by atoms with van der Waals surface area (Å²) in [5.74, 6) is 5.40. The number of fused-ring (bicyclic) bond motifs is 7. The molecule has 6 heteroatoms. The third-order valence-electron chi connectivity index (χ3n) is 12.9. The van der Waals surface area contributed by atoms with E-state index in [-0.39, 0.29) is 6.71 Å². The zero-order valence-corrected chi connectivity index (χ0v) is 34.6. The molecule has 0 atom stereocenters. The Labute approximate surface area is 371 Å². The Hall–Kier alpha value is -8.35. The van der Waals surface area contributed by atoms with Crippen molar-refractivity contribution >= 4 is 23.1 Å². The van der Waals surface area contributed by atoms with Gasteiger partial charge in [0, 0.05) is 22.2 Å². The van der Waals surface area contributed by atoms with Crippen molar-refractivity contribution in [3.63, 3.8) is 0 Å². The van der Waals surface area contributed by atoms with Crippen LogP contribution in [0.25, 0.3) is 78.7 Å². The van der Waals surface area contributed by atoms with Crippen molar-refractivity contribution in [1.29, 1.82) is 0 Å². The van der Waals surface area contributed by atoms with Crippen LogP contribution in [0.4, 0.5) is 0 Å². The molecule has 2 aliphatic heterocycles. The molecular weight excluding hydrogens is 781 g/mol. The lowest BCUT2D eigenvalue weighted by Crippen LogP contribution is -2.57. The maximum atomic E-state index is 6.65. The van der Waals surface area contributed by atoms with Crippen molar-refractivity contribution < 1.29 is 9.47 Å². The zero-order valence-electron chi connectivity index (χ0n) is 34.6. The third kappa shape index (κ3) is 5.99. The Morgan fingerprint density at radius 3 is 1.27 bits per heavy atom. The molecule has 0 radical (unpaired) electrons. The monoisotopic (exact) mass is 817 g/mol. The van der Waals surface area contributed by atoms with Crippen molar-refractivity contribution in [2.75, 3.05) is 0 Å². The average molecular weight is 818 g/mol. The molecule has 298 valence electrons. The van der Waals surface area contributed by atoms with Crippen LogP contribution in [0.1, 0.15) is 11.1 Å². The van der Waals surface area contributed by atoms with Gasteiger partial charge in [0.15, 0.2) is 17.5 Å². The Balaban J connectivity index is 0.859. The van der Waals surface area contributed by atoms with E-state index < -0.39 is 0 Å². The van der Waals surface area contributed by atoms with Crippen LogP contribution in [0.3, 0.4) is 0 Å². The normalized spacial score (nSPS) is 12.5. The largest absolute Gasteiger partial charge is 0.458 e. The summed E-state index contributed by atoms with van der Waals surface area (Å²) >= 11 is 0. The first-order valence-corrected chi connectivity index (χ1v) is 21.7. The summed E-state index contributed by atoms with van der Waals surface area (Å²) in [5, 5.41) is 0. The molecule has 0 unspecified atom stereocenters. The molecule has 64 heavy (non-hydrogen) atoms. The maximum Gasteiger partial charge on any atom is 0.260 e. The minimum Gasteiger partial charge on any atom is -0.458 e. The number of rotatable bonds is 6. The van der Waals surface area contributed by atoms with Gasteiger partial charge in [-0.25, -0.2) is 15.0 Å².